The predicted octanol–water partition coefficient (Wildman–Crippen LogP) is 5.71. The first-order valence-electron chi connectivity index (χ1n) is 10.6. The second-order valence-electron chi connectivity index (χ2n) is 7.69. The van der Waals surface area contributed by atoms with Crippen molar-refractivity contribution in [1.29, 1.82) is 0 Å². The standard InChI is InChI=1S/C26H28N2O/c29-26(27-23-15-17-24(18-16-23)28-19-7-2-8-20-28)25-12-6-5-11-22(25)14-13-21-9-3-1-4-10-21/h1,3-6,9-12,15-18H,2,7-8,13-14,19-20H2,(H,27,29). The van der Waals surface area contributed by atoms with Gasteiger partial charge in [-0.2, -0.15) is 0 Å². The Morgan fingerprint density at radius 1 is 0.759 bits per heavy atom. The first-order valence-corrected chi connectivity index (χ1v) is 10.6. The zero-order chi connectivity index (χ0) is 19.9. The van der Waals surface area contributed by atoms with E-state index in [1.54, 1.807) is 0 Å². The first kappa shape index (κ1) is 19.3. The molecule has 0 atom stereocenters. The predicted molar refractivity (Wildman–Crippen MR) is 121 cm³/mol. The maximum atomic E-state index is 12.9. The third-order valence-corrected chi connectivity index (χ3v) is 5.63. The summed E-state index contributed by atoms with van der Waals surface area (Å²) in [5.74, 6) is -0.0422. The molecule has 1 saturated heterocycles. The van der Waals surface area contributed by atoms with Crippen molar-refractivity contribution in [3.8, 4) is 0 Å². The number of hydrogen-bond acceptors (Lipinski definition) is 2. The van der Waals surface area contributed by atoms with E-state index in [9.17, 15) is 4.79 Å². The molecule has 1 heterocycles. The van der Waals surface area contributed by atoms with E-state index in [1.165, 1.54) is 30.5 Å². The number of nitrogens with zero attached hydrogens (tertiary/aromatic N) is 1. The molecule has 0 radical (unpaired) electrons. The molecule has 148 valence electrons. The Bertz CT molecular complexity index is 928. The second kappa shape index (κ2) is 9.42. The summed E-state index contributed by atoms with van der Waals surface area (Å²) < 4.78 is 0. The van der Waals surface area contributed by atoms with Gasteiger partial charge < -0.3 is 10.2 Å². The van der Waals surface area contributed by atoms with Crippen molar-refractivity contribution in [1.82, 2.24) is 0 Å². The Morgan fingerprint density at radius 2 is 1.45 bits per heavy atom. The van der Waals surface area contributed by atoms with Gasteiger partial charge in [-0.1, -0.05) is 48.5 Å². The van der Waals surface area contributed by atoms with Gasteiger partial charge in [-0.05, 0) is 73.6 Å². The number of rotatable bonds is 6. The summed E-state index contributed by atoms with van der Waals surface area (Å²) in [4.78, 5) is 15.3. The van der Waals surface area contributed by atoms with Crippen molar-refractivity contribution in [3.05, 3.63) is 95.6 Å². The highest BCUT2D eigenvalue weighted by Gasteiger charge is 2.13. The van der Waals surface area contributed by atoms with Gasteiger partial charge in [0.2, 0.25) is 0 Å². The minimum Gasteiger partial charge on any atom is -0.372 e. The molecule has 1 amide bonds. The van der Waals surface area contributed by atoms with Gasteiger partial charge in [0.15, 0.2) is 0 Å². The van der Waals surface area contributed by atoms with Crippen LogP contribution in [0.25, 0.3) is 0 Å². The fourth-order valence-electron chi connectivity index (χ4n) is 3.99. The lowest BCUT2D eigenvalue weighted by Gasteiger charge is -2.28. The quantitative estimate of drug-likeness (QED) is 0.590. The van der Waals surface area contributed by atoms with Crippen LogP contribution < -0.4 is 10.2 Å². The lowest BCUT2D eigenvalue weighted by Crippen LogP contribution is -2.29. The van der Waals surface area contributed by atoms with E-state index in [4.69, 9.17) is 0 Å². The SMILES string of the molecule is O=C(Nc1ccc(N2CCCCC2)cc1)c1ccccc1CCc1ccccc1. The van der Waals surface area contributed by atoms with Gasteiger partial charge in [0.1, 0.15) is 0 Å². The Labute approximate surface area is 173 Å². The summed E-state index contributed by atoms with van der Waals surface area (Å²) in [5, 5.41) is 3.07. The number of piperidine rings is 1. The summed E-state index contributed by atoms with van der Waals surface area (Å²) in [6.07, 6.45) is 5.63. The molecule has 4 rings (SSSR count). The molecule has 3 aromatic rings. The van der Waals surface area contributed by atoms with Gasteiger partial charge in [-0.15, -0.1) is 0 Å². The molecular formula is C26H28N2O. The molecule has 1 N–H and O–H groups in total. The highest BCUT2D eigenvalue weighted by molar-refractivity contribution is 6.05. The van der Waals surface area contributed by atoms with Gasteiger partial charge in [-0.25, -0.2) is 0 Å². The normalized spacial score (nSPS) is 13.9. The molecule has 1 fully saturated rings. The molecule has 3 heteroatoms. The van der Waals surface area contributed by atoms with Crippen LogP contribution in [0.5, 0.6) is 0 Å². The van der Waals surface area contributed by atoms with Crippen LogP contribution in [-0.4, -0.2) is 19.0 Å². The van der Waals surface area contributed by atoms with Gasteiger partial charge in [0.05, 0.1) is 0 Å². The average molecular weight is 385 g/mol. The van der Waals surface area contributed by atoms with Crippen molar-refractivity contribution in [2.45, 2.75) is 32.1 Å². The second-order valence-corrected chi connectivity index (χ2v) is 7.69. The number of amides is 1. The molecule has 1 aliphatic rings. The minimum atomic E-state index is -0.0422. The van der Waals surface area contributed by atoms with Gasteiger partial charge in [0.25, 0.3) is 5.91 Å². The zero-order valence-corrected chi connectivity index (χ0v) is 16.8. The van der Waals surface area contributed by atoms with Crippen LogP contribution in [0.3, 0.4) is 0 Å². The van der Waals surface area contributed by atoms with Crippen LogP contribution >= 0.6 is 0 Å². The van der Waals surface area contributed by atoms with E-state index in [1.807, 2.05) is 36.4 Å². The van der Waals surface area contributed by atoms with Crippen LogP contribution in [0, 0.1) is 0 Å². The molecule has 3 nitrogen and oxygen atoms in total. The molecule has 0 unspecified atom stereocenters. The molecule has 29 heavy (non-hydrogen) atoms. The lowest BCUT2D eigenvalue weighted by atomic mass is 9.99. The van der Waals surface area contributed by atoms with Crippen molar-refractivity contribution in [3.63, 3.8) is 0 Å². The van der Waals surface area contributed by atoms with E-state index >= 15 is 0 Å². The molecule has 0 aliphatic carbocycles. The van der Waals surface area contributed by atoms with Gasteiger partial charge in [0, 0.05) is 30.0 Å². The van der Waals surface area contributed by atoms with Crippen LogP contribution in [0.1, 0.15) is 40.7 Å². The van der Waals surface area contributed by atoms with E-state index < -0.39 is 0 Å². The first-order chi connectivity index (χ1) is 14.3. The molecule has 1 aliphatic heterocycles. The zero-order valence-electron chi connectivity index (χ0n) is 16.8. The molecule has 0 saturated carbocycles. The number of aryl methyl sites for hydroxylation is 2. The molecule has 0 aromatic heterocycles. The molecular weight excluding hydrogens is 356 g/mol. The van der Waals surface area contributed by atoms with Crippen molar-refractivity contribution < 1.29 is 4.79 Å². The monoisotopic (exact) mass is 384 g/mol. The summed E-state index contributed by atoms with van der Waals surface area (Å²) in [7, 11) is 0. The molecule has 3 aromatic carbocycles. The maximum Gasteiger partial charge on any atom is 0.255 e. The fourth-order valence-corrected chi connectivity index (χ4v) is 3.99. The van der Waals surface area contributed by atoms with Crippen LogP contribution in [0.15, 0.2) is 78.9 Å². The van der Waals surface area contributed by atoms with E-state index in [0.29, 0.717) is 0 Å². The fraction of sp³-hybridized carbons (Fsp3) is 0.269. The highest BCUT2D eigenvalue weighted by Crippen LogP contribution is 2.22. The average Bonchev–Trinajstić information content (AvgIpc) is 2.80. The smallest absolute Gasteiger partial charge is 0.255 e. The highest BCUT2D eigenvalue weighted by atomic mass is 16.1. The summed E-state index contributed by atoms with van der Waals surface area (Å²) >= 11 is 0. The molecule has 0 bridgehead atoms. The third kappa shape index (κ3) is 5.05. The lowest BCUT2D eigenvalue weighted by molar-refractivity contribution is 0.102. The van der Waals surface area contributed by atoms with Crippen molar-refractivity contribution in [2.75, 3.05) is 23.3 Å². The number of carbonyl (C=O) groups excluding carboxylic acids is 1. The number of carbonyl (C=O) groups is 1. The number of nitrogens with one attached hydrogen (secondary N) is 1. The Kier molecular flexibility index (Phi) is 6.25. The Balaban J connectivity index is 1.41. The van der Waals surface area contributed by atoms with E-state index in [0.717, 1.165) is 42.7 Å². The minimum absolute atomic E-state index is 0.0422. The largest absolute Gasteiger partial charge is 0.372 e. The number of hydrogen-bond donors (Lipinski definition) is 1. The topological polar surface area (TPSA) is 32.3 Å². The summed E-state index contributed by atoms with van der Waals surface area (Å²) in [6.45, 7) is 2.25. The van der Waals surface area contributed by atoms with E-state index in [-0.39, 0.29) is 5.91 Å². The maximum absolute atomic E-state index is 12.9. The van der Waals surface area contributed by atoms with Crippen LogP contribution in [0.4, 0.5) is 11.4 Å². The Morgan fingerprint density at radius 3 is 2.21 bits per heavy atom. The van der Waals surface area contributed by atoms with Gasteiger partial charge >= 0.3 is 0 Å². The van der Waals surface area contributed by atoms with Crippen molar-refractivity contribution in [2.24, 2.45) is 0 Å². The number of anilines is 2. The molecule has 0 spiro atoms. The third-order valence-electron chi connectivity index (χ3n) is 5.63. The van der Waals surface area contributed by atoms with Crippen molar-refractivity contribution >= 4 is 17.3 Å². The van der Waals surface area contributed by atoms with E-state index in [2.05, 4.69) is 52.7 Å². The summed E-state index contributed by atoms with van der Waals surface area (Å²) in [6, 6.07) is 26.6. The summed E-state index contributed by atoms with van der Waals surface area (Å²) in [5.41, 5.74) is 5.21. The number of benzene rings is 3. The van der Waals surface area contributed by atoms with Crippen LogP contribution in [0.2, 0.25) is 0 Å². The Hall–Kier alpha value is -3.07. The van der Waals surface area contributed by atoms with Crippen LogP contribution in [-0.2, 0) is 12.8 Å². The van der Waals surface area contributed by atoms with Gasteiger partial charge in [-0.3, -0.25) is 4.79 Å².